The molecule has 0 aliphatic carbocycles. The highest BCUT2D eigenvalue weighted by Gasteiger charge is 2.25. The summed E-state index contributed by atoms with van der Waals surface area (Å²) < 4.78 is 6.86. The fraction of sp³-hybridized carbons (Fsp3) is 0.235. The molecule has 124 valence electrons. The van der Waals surface area contributed by atoms with Crippen molar-refractivity contribution in [2.45, 2.75) is 19.6 Å². The number of aliphatic hydroxyl groups excluding tert-OH is 1. The van der Waals surface area contributed by atoms with E-state index in [0.717, 1.165) is 5.56 Å². The number of hydrogen-bond acceptors (Lipinski definition) is 5. The van der Waals surface area contributed by atoms with Crippen molar-refractivity contribution < 1.29 is 14.4 Å². The van der Waals surface area contributed by atoms with E-state index in [2.05, 4.69) is 15.5 Å². The van der Waals surface area contributed by atoms with Crippen LogP contribution in [0.5, 0.6) is 0 Å². The molecular weight excluding hydrogens is 308 g/mol. The van der Waals surface area contributed by atoms with Gasteiger partial charge in [-0.25, -0.2) is 4.98 Å². The van der Waals surface area contributed by atoms with Gasteiger partial charge in [0.2, 0.25) is 0 Å². The largest absolute Gasteiger partial charge is 0.391 e. The summed E-state index contributed by atoms with van der Waals surface area (Å²) in [4.78, 5) is 17.0. The van der Waals surface area contributed by atoms with Crippen molar-refractivity contribution in [3.63, 3.8) is 0 Å². The van der Waals surface area contributed by atoms with E-state index >= 15 is 0 Å². The first kappa shape index (κ1) is 15.9. The fourth-order valence-electron chi connectivity index (χ4n) is 2.55. The minimum Gasteiger partial charge on any atom is -0.391 e. The highest BCUT2D eigenvalue weighted by molar-refractivity contribution is 5.94. The van der Waals surface area contributed by atoms with Crippen molar-refractivity contribution in [3.8, 4) is 0 Å². The molecule has 2 N–H and O–H groups in total. The molecule has 0 unspecified atom stereocenters. The van der Waals surface area contributed by atoms with Crippen LogP contribution in [0.2, 0.25) is 0 Å². The number of rotatable bonds is 5. The minimum absolute atomic E-state index is 0.0881. The zero-order valence-electron chi connectivity index (χ0n) is 13.4. The van der Waals surface area contributed by atoms with Gasteiger partial charge in [0.25, 0.3) is 5.91 Å². The van der Waals surface area contributed by atoms with Gasteiger partial charge < -0.3 is 19.5 Å². The molecule has 0 bridgehead atoms. The number of amides is 1. The molecule has 1 atom stereocenters. The topological polar surface area (TPSA) is 93.2 Å². The Balaban J connectivity index is 1.95. The smallest absolute Gasteiger partial charge is 0.274 e. The van der Waals surface area contributed by atoms with E-state index in [1.807, 2.05) is 48.1 Å². The molecule has 0 saturated heterocycles. The number of nitrogens with zero attached hydrogens (tertiary/aromatic N) is 3. The Morgan fingerprint density at radius 3 is 2.75 bits per heavy atom. The van der Waals surface area contributed by atoms with Gasteiger partial charge in [-0.2, -0.15) is 0 Å². The Morgan fingerprint density at radius 2 is 2.12 bits per heavy atom. The van der Waals surface area contributed by atoms with Crippen LogP contribution in [0.25, 0.3) is 0 Å². The standard InChI is InChI=1S/C17H18N4O3/c1-11-13(10-22)15(20-24-11)17(23)19-14(12-6-4-3-5-7-12)16-18-8-9-21(16)2/h3-9,14,22H,10H2,1-2H3,(H,19,23)/t14-/m0/s1. The average Bonchev–Trinajstić information content (AvgIpc) is 3.18. The number of aryl methyl sites for hydroxylation is 2. The summed E-state index contributed by atoms with van der Waals surface area (Å²) in [7, 11) is 1.86. The van der Waals surface area contributed by atoms with Gasteiger partial charge in [0.05, 0.1) is 12.2 Å². The summed E-state index contributed by atoms with van der Waals surface area (Å²) in [6.07, 6.45) is 3.49. The van der Waals surface area contributed by atoms with E-state index in [-0.39, 0.29) is 12.3 Å². The lowest BCUT2D eigenvalue weighted by Gasteiger charge is -2.18. The molecule has 24 heavy (non-hydrogen) atoms. The Hall–Kier alpha value is -2.93. The van der Waals surface area contributed by atoms with Crippen LogP contribution >= 0.6 is 0 Å². The molecule has 0 radical (unpaired) electrons. The fourth-order valence-corrected chi connectivity index (χ4v) is 2.55. The Labute approximate surface area is 138 Å². The van der Waals surface area contributed by atoms with Crippen LogP contribution in [0.3, 0.4) is 0 Å². The predicted molar refractivity (Wildman–Crippen MR) is 86.1 cm³/mol. The Bertz CT molecular complexity index is 839. The van der Waals surface area contributed by atoms with Crippen molar-refractivity contribution >= 4 is 5.91 Å². The van der Waals surface area contributed by atoms with Crippen molar-refractivity contribution in [1.29, 1.82) is 0 Å². The highest BCUT2D eigenvalue weighted by Crippen LogP contribution is 2.22. The van der Waals surface area contributed by atoms with Gasteiger partial charge in [-0.1, -0.05) is 35.5 Å². The molecular formula is C17H18N4O3. The molecule has 0 aliphatic heterocycles. The maximum Gasteiger partial charge on any atom is 0.274 e. The minimum atomic E-state index is -0.442. The second-order valence-corrected chi connectivity index (χ2v) is 5.44. The normalized spacial score (nSPS) is 12.1. The van der Waals surface area contributed by atoms with E-state index < -0.39 is 11.9 Å². The lowest BCUT2D eigenvalue weighted by Crippen LogP contribution is -2.32. The molecule has 0 aliphatic rings. The van der Waals surface area contributed by atoms with Crippen LogP contribution in [0.4, 0.5) is 0 Å². The number of carbonyl (C=O) groups excluding carboxylic acids is 1. The van der Waals surface area contributed by atoms with Crippen molar-refractivity contribution in [2.75, 3.05) is 0 Å². The molecule has 3 aromatic rings. The van der Waals surface area contributed by atoms with Gasteiger partial charge in [0.15, 0.2) is 5.69 Å². The van der Waals surface area contributed by atoms with Gasteiger partial charge in [-0.3, -0.25) is 4.79 Å². The van der Waals surface area contributed by atoms with E-state index in [1.54, 1.807) is 13.1 Å². The number of nitrogens with one attached hydrogen (secondary N) is 1. The first-order valence-electron chi connectivity index (χ1n) is 7.51. The number of benzene rings is 1. The van der Waals surface area contributed by atoms with Crippen LogP contribution < -0.4 is 5.32 Å². The maximum absolute atomic E-state index is 12.6. The van der Waals surface area contributed by atoms with Crippen LogP contribution in [-0.4, -0.2) is 25.7 Å². The third-order valence-electron chi connectivity index (χ3n) is 3.88. The molecule has 7 nitrogen and oxygen atoms in total. The van der Waals surface area contributed by atoms with Crippen molar-refractivity contribution in [3.05, 3.63) is 71.1 Å². The van der Waals surface area contributed by atoms with Crippen LogP contribution in [-0.2, 0) is 13.7 Å². The molecule has 2 aromatic heterocycles. The van der Waals surface area contributed by atoms with Gasteiger partial charge in [-0.15, -0.1) is 0 Å². The first-order chi connectivity index (χ1) is 11.6. The predicted octanol–water partition coefficient (Wildman–Crippen LogP) is 1.73. The van der Waals surface area contributed by atoms with Gasteiger partial charge in [0, 0.05) is 19.4 Å². The van der Waals surface area contributed by atoms with Crippen molar-refractivity contribution in [2.24, 2.45) is 7.05 Å². The molecule has 0 saturated carbocycles. The van der Waals surface area contributed by atoms with Gasteiger partial charge >= 0.3 is 0 Å². The quantitative estimate of drug-likeness (QED) is 0.745. The monoisotopic (exact) mass is 326 g/mol. The SMILES string of the molecule is Cc1onc(C(=O)N[C@@H](c2ccccc2)c2nccn2C)c1CO. The second kappa shape index (κ2) is 6.67. The van der Waals surface area contributed by atoms with Crippen LogP contribution in [0.1, 0.15) is 39.2 Å². The van der Waals surface area contributed by atoms with Gasteiger partial charge in [0.1, 0.15) is 17.6 Å². The zero-order chi connectivity index (χ0) is 17.1. The van der Waals surface area contributed by atoms with E-state index in [1.165, 1.54) is 0 Å². The average molecular weight is 326 g/mol. The molecule has 1 amide bonds. The van der Waals surface area contributed by atoms with Gasteiger partial charge in [-0.05, 0) is 12.5 Å². The lowest BCUT2D eigenvalue weighted by molar-refractivity contribution is 0.0929. The van der Waals surface area contributed by atoms with Crippen LogP contribution in [0.15, 0.2) is 47.2 Å². The molecule has 1 aromatic carbocycles. The Morgan fingerprint density at radius 1 is 1.38 bits per heavy atom. The summed E-state index contributed by atoms with van der Waals surface area (Å²) in [6, 6.07) is 9.10. The number of aromatic nitrogens is 3. The van der Waals surface area contributed by atoms with Crippen LogP contribution in [0, 0.1) is 6.92 Å². The number of aliphatic hydroxyl groups is 1. The van der Waals surface area contributed by atoms with Crippen molar-refractivity contribution in [1.82, 2.24) is 20.0 Å². The summed E-state index contributed by atoms with van der Waals surface area (Å²) in [5, 5.41) is 16.1. The summed E-state index contributed by atoms with van der Waals surface area (Å²) in [6.45, 7) is 1.35. The lowest BCUT2D eigenvalue weighted by atomic mass is 10.1. The van der Waals surface area contributed by atoms with E-state index in [4.69, 9.17) is 4.52 Å². The number of carbonyl (C=O) groups is 1. The Kier molecular flexibility index (Phi) is 4.43. The zero-order valence-corrected chi connectivity index (χ0v) is 13.4. The number of imidazole rings is 1. The summed E-state index contributed by atoms with van der Waals surface area (Å²) >= 11 is 0. The molecule has 0 fully saturated rings. The first-order valence-corrected chi connectivity index (χ1v) is 7.51. The molecule has 3 rings (SSSR count). The third kappa shape index (κ3) is 2.93. The third-order valence-corrected chi connectivity index (χ3v) is 3.88. The number of hydrogen-bond donors (Lipinski definition) is 2. The molecule has 0 spiro atoms. The second-order valence-electron chi connectivity index (χ2n) is 5.44. The summed E-state index contributed by atoms with van der Waals surface area (Å²) in [5.41, 5.74) is 1.37. The molecule has 2 heterocycles. The maximum atomic E-state index is 12.6. The molecule has 7 heteroatoms. The van der Waals surface area contributed by atoms with E-state index in [9.17, 15) is 9.90 Å². The highest BCUT2D eigenvalue weighted by atomic mass is 16.5. The van der Waals surface area contributed by atoms with E-state index in [0.29, 0.717) is 17.1 Å². The summed E-state index contributed by atoms with van der Waals surface area (Å²) in [5.74, 6) is 0.698.